The van der Waals surface area contributed by atoms with E-state index in [1.807, 2.05) is 30.6 Å². The summed E-state index contributed by atoms with van der Waals surface area (Å²) in [5.41, 5.74) is 11.8. The van der Waals surface area contributed by atoms with Crippen LogP contribution in [0.25, 0.3) is 11.0 Å². The highest BCUT2D eigenvalue weighted by Crippen LogP contribution is 2.36. The minimum atomic E-state index is 0.268. The molecule has 0 radical (unpaired) electrons. The lowest BCUT2D eigenvalue weighted by Crippen LogP contribution is -2.41. The van der Waals surface area contributed by atoms with E-state index >= 15 is 0 Å². The summed E-state index contributed by atoms with van der Waals surface area (Å²) in [7, 11) is 0. The molecule has 33 heavy (non-hydrogen) atoms. The van der Waals surface area contributed by atoms with Gasteiger partial charge in [-0.15, -0.1) is 0 Å². The Balaban J connectivity index is 1.51. The van der Waals surface area contributed by atoms with E-state index in [4.69, 9.17) is 15.7 Å². The molecule has 0 fully saturated rings. The zero-order valence-electron chi connectivity index (χ0n) is 19.0. The summed E-state index contributed by atoms with van der Waals surface area (Å²) in [6, 6.07) is 19.3. The molecule has 2 unspecified atom stereocenters. The Kier molecular flexibility index (Phi) is 6.74. The maximum Gasteiger partial charge on any atom is 0.108 e. The molecular weight excluding hydrogens is 408 g/mol. The van der Waals surface area contributed by atoms with Crippen LogP contribution >= 0.6 is 0 Å². The van der Waals surface area contributed by atoms with Gasteiger partial charge in [-0.1, -0.05) is 24.3 Å². The standard InChI is InChI=1S/C27H32N6/c28-15-6-11-22(18-26-31-23-12-1-2-13-24(23)32-26)33(19-21-10-3-4-16-29-21)25-14-5-8-20-9-7-17-30-27(20)25/h1-4,7,9-10,12-13,16-17,22,25H,5-6,8,11,14-15,18-19,28H2,(H,31,32). The van der Waals surface area contributed by atoms with Crippen molar-refractivity contribution in [3.05, 3.63) is 89.8 Å². The third-order valence-electron chi connectivity index (χ3n) is 6.71. The van der Waals surface area contributed by atoms with Crippen LogP contribution < -0.4 is 5.73 Å². The maximum atomic E-state index is 5.97. The van der Waals surface area contributed by atoms with Gasteiger partial charge in [0.1, 0.15) is 5.82 Å². The SMILES string of the molecule is NCCCC(Cc1nc2ccccc2[nH]1)N(Cc1ccccn1)C1CCCc2cccnc21. The summed E-state index contributed by atoms with van der Waals surface area (Å²) in [5.74, 6) is 1.03. The molecule has 3 N–H and O–H groups in total. The van der Waals surface area contributed by atoms with Gasteiger partial charge in [-0.2, -0.15) is 0 Å². The third kappa shape index (κ3) is 4.97. The molecule has 2 atom stereocenters. The number of H-pyrrole nitrogens is 1. The predicted molar refractivity (Wildman–Crippen MR) is 132 cm³/mol. The summed E-state index contributed by atoms with van der Waals surface area (Å²) in [5, 5.41) is 0. The Morgan fingerprint density at radius 2 is 1.91 bits per heavy atom. The molecule has 3 aromatic heterocycles. The third-order valence-corrected chi connectivity index (χ3v) is 6.71. The minimum Gasteiger partial charge on any atom is -0.342 e. The number of nitrogens with two attached hydrogens (primary N) is 1. The molecule has 0 amide bonds. The molecule has 4 aromatic rings. The molecule has 0 spiro atoms. The van der Waals surface area contributed by atoms with E-state index in [-0.39, 0.29) is 12.1 Å². The van der Waals surface area contributed by atoms with Crippen molar-refractivity contribution < 1.29 is 0 Å². The molecule has 170 valence electrons. The fourth-order valence-electron chi connectivity index (χ4n) is 5.14. The molecule has 0 bridgehead atoms. The van der Waals surface area contributed by atoms with Gasteiger partial charge in [-0.25, -0.2) is 4.98 Å². The Labute approximate surface area is 195 Å². The van der Waals surface area contributed by atoms with Crippen LogP contribution in [0.1, 0.15) is 54.5 Å². The van der Waals surface area contributed by atoms with E-state index < -0.39 is 0 Å². The normalized spacial score (nSPS) is 16.7. The number of aromatic amines is 1. The number of rotatable bonds is 9. The van der Waals surface area contributed by atoms with Crippen LogP contribution in [0.3, 0.4) is 0 Å². The van der Waals surface area contributed by atoms with Crippen molar-refractivity contribution in [3.63, 3.8) is 0 Å². The number of benzene rings is 1. The second-order valence-electron chi connectivity index (χ2n) is 8.94. The van der Waals surface area contributed by atoms with Gasteiger partial charge in [0.05, 0.1) is 28.5 Å². The molecule has 0 aliphatic heterocycles. The number of fused-ring (bicyclic) bond motifs is 2. The van der Waals surface area contributed by atoms with Crippen LogP contribution in [-0.2, 0) is 19.4 Å². The first kappa shape index (κ1) is 21.7. The van der Waals surface area contributed by atoms with Gasteiger partial charge in [0.15, 0.2) is 0 Å². The Bertz CT molecular complexity index is 1140. The number of nitrogens with zero attached hydrogens (tertiary/aromatic N) is 4. The summed E-state index contributed by atoms with van der Waals surface area (Å²) in [6.45, 7) is 1.48. The average Bonchev–Trinajstić information content (AvgIpc) is 3.28. The van der Waals surface area contributed by atoms with Gasteiger partial charge in [-0.05, 0) is 74.5 Å². The molecule has 6 nitrogen and oxygen atoms in total. The van der Waals surface area contributed by atoms with Crippen molar-refractivity contribution >= 4 is 11.0 Å². The molecule has 3 heterocycles. The van der Waals surface area contributed by atoms with Crippen molar-refractivity contribution in [2.24, 2.45) is 5.73 Å². The van der Waals surface area contributed by atoms with Gasteiger partial charge < -0.3 is 10.7 Å². The van der Waals surface area contributed by atoms with E-state index in [0.29, 0.717) is 6.54 Å². The summed E-state index contributed by atoms with van der Waals surface area (Å²) in [6.07, 6.45) is 10.0. The lowest BCUT2D eigenvalue weighted by Gasteiger charge is -2.40. The van der Waals surface area contributed by atoms with E-state index in [1.54, 1.807) is 0 Å². The summed E-state index contributed by atoms with van der Waals surface area (Å²) < 4.78 is 0. The van der Waals surface area contributed by atoms with Crippen molar-refractivity contribution in [1.82, 2.24) is 24.8 Å². The number of nitrogens with one attached hydrogen (secondary N) is 1. The monoisotopic (exact) mass is 440 g/mol. The predicted octanol–water partition coefficient (Wildman–Crippen LogP) is 4.58. The van der Waals surface area contributed by atoms with Crippen LogP contribution in [0.2, 0.25) is 0 Å². The second-order valence-corrected chi connectivity index (χ2v) is 8.94. The van der Waals surface area contributed by atoms with Crippen molar-refractivity contribution in [2.75, 3.05) is 6.54 Å². The molecule has 1 aliphatic carbocycles. The molecule has 5 rings (SSSR count). The quantitative estimate of drug-likeness (QED) is 0.398. The number of aromatic nitrogens is 4. The fourth-order valence-corrected chi connectivity index (χ4v) is 5.14. The smallest absolute Gasteiger partial charge is 0.108 e. The Hall–Kier alpha value is -3.09. The minimum absolute atomic E-state index is 0.268. The van der Waals surface area contributed by atoms with Gasteiger partial charge in [-0.3, -0.25) is 14.9 Å². The van der Waals surface area contributed by atoms with E-state index in [1.165, 1.54) is 17.7 Å². The van der Waals surface area contributed by atoms with Crippen molar-refractivity contribution in [3.8, 4) is 0 Å². The summed E-state index contributed by atoms with van der Waals surface area (Å²) in [4.78, 5) is 20.6. The fraction of sp³-hybridized carbons (Fsp3) is 0.370. The van der Waals surface area contributed by atoms with Crippen molar-refractivity contribution in [2.45, 2.75) is 57.2 Å². The van der Waals surface area contributed by atoms with Crippen molar-refractivity contribution in [1.29, 1.82) is 0 Å². The van der Waals surface area contributed by atoms with E-state index in [2.05, 4.69) is 51.3 Å². The number of aryl methyl sites for hydroxylation is 1. The van der Waals surface area contributed by atoms with Gasteiger partial charge in [0.25, 0.3) is 0 Å². The first-order valence-electron chi connectivity index (χ1n) is 12.0. The number of imidazole rings is 1. The maximum absolute atomic E-state index is 5.97. The number of pyridine rings is 2. The second kappa shape index (κ2) is 10.2. The van der Waals surface area contributed by atoms with Gasteiger partial charge >= 0.3 is 0 Å². The first-order chi connectivity index (χ1) is 16.3. The number of hydrogen-bond donors (Lipinski definition) is 2. The number of hydrogen-bond acceptors (Lipinski definition) is 5. The lowest BCUT2D eigenvalue weighted by molar-refractivity contribution is 0.0965. The topological polar surface area (TPSA) is 83.7 Å². The van der Waals surface area contributed by atoms with Gasteiger partial charge in [0, 0.05) is 31.4 Å². The van der Waals surface area contributed by atoms with Crippen LogP contribution in [0, 0.1) is 0 Å². The highest BCUT2D eigenvalue weighted by atomic mass is 15.2. The molecule has 6 heteroatoms. The van der Waals surface area contributed by atoms with E-state index in [9.17, 15) is 0 Å². The average molecular weight is 441 g/mol. The zero-order chi connectivity index (χ0) is 22.5. The summed E-state index contributed by atoms with van der Waals surface area (Å²) >= 11 is 0. The zero-order valence-corrected chi connectivity index (χ0v) is 19.0. The van der Waals surface area contributed by atoms with Crippen LogP contribution in [0.5, 0.6) is 0 Å². The molecule has 0 saturated heterocycles. The first-order valence-corrected chi connectivity index (χ1v) is 12.0. The van der Waals surface area contributed by atoms with Crippen LogP contribution in [0.15, 0.2) is 67.0 Å². The lowest BCUT2D eigenvalue weighted by atomic mass is 9.89. The molecule has 1 aromatic carbocycles. The Morgan fingerprint density at radius 3 is 2.76 bits per heavy atom. The van der Waals surface area contributed by atoms with Crippen LogP contribution in [0.4, 0.5) is 0 Å². The molecule has 0 saturated carbocycles. The number of para-hydroxylation sites is 2. The van der Waals surface area contributed by atoms with E-state index in [0.717, 1.165) is 61.2 Å². The highest BCUT2D eigenvalue weighted by Gasteiger charge is 2.32. The molecular formula is C27H32N6. The largest absolute Gasteiger partial charge is 0.342 e. The van der Waals surface area contributed by atoms with Gasteiger partial charge in [0.2, 0.25) is 0 Å². The van der Waals surface area contributed by atoms with Crippen LogP contribution in [-0.4, -0.2) is 37.4 Å². The Morgan fingerprint density at radius 1 is 1.03 bits per heavy atom. The highest BCUT2D eigenvalue weighted by molar-refractivity contribution is 5.74. The molecule has 1 aliphatic rings.